The molecule has 0 spiro atoms. The predicted molar refractivity (Wildman–Crippen MR) is 47.1 cm³/mol. The van der Waals surface area contributed by atoms with Crippen LogP contribution >= 0.6 is 22.6 Å². The molecule has 2 heterocycles. The van der Waals surface area contributed by atoms with Crippen LogP contribution in [-0.4, -0.2) is 15.1 Å². The van der Waals surface area contributed by atoms with Gasteiger partial charge in [0.05, 0.1) is 6.20 Å². The lowest BCUT2D eigenvalue weighted by Crippen LogP contribution is -1.83. The van der Waals surface area contributed by atoms with E-state index in [0.29, 0.717) is 5.71 Å². The summed E-state index contributed by atoms with van der Waals surface area (Å²) in [6.45, 7) is 1.84. The molecule has 4 nitrogen and oxygen atoms in total. The molecule has 5 heteroatoms. The molecule has 0 aromatic carbocycles. The zero-order valence-electron chi connectivity index (χ0n) is 5.71. The minimum absolute atomic E-state index is 0.503. The molecular weight excluding hydrogens is 257 g/mol. The molecule has 0 bridgehead atoms. The molecule has 0 saturated carbocycles. The second kappa shape index (κ2) is 2.40. The Labute approximate surface area is 76.1 Å². The van der Waals surface area contributed by atoms with Crippen LogP contribution in [0.4, 0.5) is 0 Å². The van der Waals surface area contributed by atoms with Gasteiger partial charge in [-0.05, 0) is 29.5 Å². The Bertz CT molecular complexity index is 398. The van der Waals surface area contributed by atoms with E-state index < -0.39 is 0 Å². The highest BCUT2D eigenvalue weighted by molar-refractivity contribution is 14.1. The Kier molecular flexibility index (Phi) is 1.52. The summed E-state index contributed by atoms with van der Waals surface area (Å²) in [6.07, 6.45) is 1.65. The number of hydrogen-bond donors (Lipinski definition) is 0. The van der Waals surface area contributed by atoms with Gasteiger partial charge in [0.15, 0.2) is 5.52 Å². The van der Waals surface area contributed by atoms with E-state index in [1.165, 1.54) is 0 Å². The van der Waals surface area contributed by atoms with Crippen LogP contribution in [0.15, 0.2) is 10.7 Å². The Balaban J connectivity index is 2.87. The fraction of sp³-hybridized carbons (Fsp3) is 0.167. The van der Waals surface area contributed by atoms with Gasteiger partial charge in [-0.3, -0.25) is 0 Å². The van der Waals surface area contributed by atoms with E-state index in [4.69, 9.17) is 4.52 Å². The van der Waals surface area contributed by atoms with Gasteiger partial charge in [-0.25, -0.2) is 9.97 Å². The lowest BCUT2D eigenvalue weighted by Gasteiger charge is -1.86. The van der Waals surface area contributed by atoms with E-state index in [1.807, 2.05) is 6.92 Å². The molecule has 0 atom stereocenters. The van der Waals surface area contributed by atoms with Crippen molar-refractivity contribution in [3.05, 3.63) is 15.6 Å². The fourth-order valence-electron chi connectivity index (χ4n) is 0.814. The van der Waals surface area contributed by atoms with Gasteiger partial charge >= 0.3 is 0 Å². The van der Waals surface area contributed by atoms with Gasteiger partial charge in [-0.15, -0.1) is 0 Å². The van der Waals surface area contributed by atoms with Crippen LogP contribution in [0, 0.1) is 10.6 Å². The van der Waals surface area contributed by atoms with Crippen LogP contribution in [-0.2, 0) is 0 Å². The quantitative estimate of drug-likeness (QED) is 0.675. The standard InChI is InChI=1S/C6H4IN3O/c1-3-5-6(11-10-3)8-2-4(7)9-5/h2H,1H3. The van der Waals surface area contributed by atoms with Gasteiger partial charge < -0.3 is 4.52 Å². The Morgan fingerprint density at radius 3 is 3.18 bits per heavy atom. The van der Waals surface area contributed by atoms with Crippen molar-refractivity contribution < 1.29 is 4.52 Å². The Hall–Kier alpha value is -0.720. The topological polar surface area (TPSA) is 51.8 Å². The monoisotopic (exact) mass is 261 g/mol. The van der Waals surface area contributed by atoms with Crippen molar-refractivity contribution in [2.24, 2.45) is 0 Å². The molecule has 0 radical (unpaired) electrons. The zero-order chi connectivity index (χ0) is 7.84. The zero-order valence-corrected chi connectivity index (χ0v) is 7.86. The molecule has 0 amide bonds. The molecule has 0 fully saturated rings. The van der Waals surface area contributed by atoms with E-state index in [2.05, 4.69) is 37.7 Å². The number of fused-ring (bicyclic) bond motifs is 1. The first kappa shape index (κ1) is 6.96. The van der Waals surface area contributed by atoms with E-state index in [9.17, 15) is 0 Å². The van der Waals surface area contributed by atoms with Gasteiger partial charge in [-0.1, -0.05) is 5.16 Å². The summed E-state index contributed by atoms with van der Waals surface area (Å²) in [6, 6.07) is 0. The summed E-state index contributed by atoms with van der Waals surface area (Å²) in [7, 11) is 0. The molecule has 2 aromatic rings. The molecule has 2 rings (SSSR count). The van der Waals surface area contributed by atoms with Crippen LogP contribution in [0.5, 0.6) is 0 Å². The Morgan fingerprint density at radius 1 is 1.55 bits per heavy atom. The Morgan fingerprint density at radius 2 is 2.36 bits per heavy atom. The van der Waals surface area contributed by atoms with Crippen molar-refractivity contribution in [1.29, 1.82) is 0 Å². The highest BCUT2D eigenvalue weighted by Gasteiger charge is 2.05. The maximum absolute atomic E-state index is 4.88. The van der Waals surface area contributed by atoms with Crippen molar-refractivity contribution in [1.82, 2.24) is 15.1 Å². The van der Waals surface area contributed by atoms with Gasteiger partial charge in [0.2, 0.25) is 0 Å². The molecule has 0 aliphatic carbocycles. The van der Waals surface area contributed by atoms with E-state index in [-0.39, 0.29) is 0 Å². The van der Waals surface area contributed by atoms with Crippen LogP contribution < -0.4 is 0 Å². The number of aryl methyl sites for hydroxylation is 1. The molecule has 0 aliphatic rings. The van der Waals surface area contributed by atoms with Gasteiger partial charge in [-0.2, -0.15) is 0 Å². The molecule has 0 N–H and O–H groups in total. The van der Waals surface area contributed by atoms with Crippen molar-refractivity contribution in [3.8, 4) is 0 Å². The normalized spacial score (nSPS) is 10.7. The molecule has 0 unspecified atom stereocenters. The second-order valence-corrected chi connectivity index (χ2v) is 3.22. The lowest BCUT2D eigenvalue weighted by atomic mass is 10.4. The van der Waals surface area contributed by atoms with Gasteiger partial charge in [0.25, 0.3) is 5.71 Å². The molecule has 2 aromatic heterocycles. The summed E-state index contributed by atoms with van der Waals surface area (Å²) in [4.78, 5) is 8.21. The number of nitrogens with zero attached hydrogens (tertiary/aromatic N) is 3. The summed E-state index contributed by atoms with van der Waals surface area (Å²) >= 11 is 2.10. The number of aromatic nitrogens is 3. The van der Waals surface area contributed by atoms with Crippen molar-refractivity contribution >= 4 is 33.8 Å². The number of halogens is 1. The molecule has 0 saturated heterocycles. The molecular formula is C6H4IN3O. The molecule has 0 aliphatic heterocycles. The average Bonchev–Trinajstić information content (AvgIpc) is 2.33. The van der Waals surface area contributed by atoms with Crippen molar-refractivity contribution in [3.63, 3.8) is 0 Å². The first-order valence-corrected chi connectivity index (χ1v) is 4.10. The fourth-order valence-corrected chi connectivity index (χ4v) is 1.19. The minimum Gasteiger partial charge on any atom is -0.334 e. The summed E-state index contributed by atoms with van der Waals surface area (Å²) in [5.74, 6) is 0. The SMILES string of the molecule is Cc1noc2ncc(I)nc12. The third-order valence-corrected chi connectivity index (χ3v) is 1.84. The van der Waals surface area contributed by atoms with Crippen LogP contribution in [0.25, 0.3) is 11.2 Å². The predicted octanol–water partition coefficient (Wildman–Crippen LogP) is 1.53. The first-order valence-electron chi connectivity index (χ1n) is 3.02. The van der Waals surface area contributed by atoms with Crippen LogP contribution in [0.3, 0.4) is 0 Å². The van der Waals surface area contributed by atoms with Crippen molar-refractivity contribution in [2.75, 3.05) is 0 Å². The van der Waals surface area contributed by atoms with E-state index in [1.54, 1.807) is 6.20 Å². The van der Waals surface area contributed by atoms with E-state index >= 15 is 0 Å². The summed E-state index contributed by atoms with van der Waals surface area (Å²) in [5, 5.41) is 3.73. The maximum Gasteiger partial charge on any atom is 0.276 e. The van der Waals surface area contributed by atoms with Crippen LogP contribution in [0.1, 0.15) is 5.69 Å². The highest BCUT2D eigenvalue weighted by atomic mass is 127. The van der Waals surface area contributed by atoms with Crippen molar-refractivity contribution in [2.45, 2.75) is 6.92 Å². The summed E-state index contributed by atoms with van der Waals surface area (Å²) < 4.78 is 5.73. The number of rotatable bonds is 0. The number of hydrogen-bond acceptors (Lipinski definition) is 4. The van der Waals surface area contributed by atoms with Gasteiger partial charge in [0, 0.05) is 0 Å². The second-order valence-electron chi connectivity index (χ2n) is 2.11. The first-order chi connectivity index (χ1) is 5.27. The maximum atomic E-state index is 4.88. The largest absolute Gasteiger partial charge is 0.334 e. The van der Waals surface area contributed by atoms with Gasteiger partial charge in [0.1, 0.15) is 9.39 Å². The third kappa shape index (κ3) is 1.09. The smallest absolute Gasteiger partial charge is 0.276 e. The third-order valence-electron chi connectivity index (χ3n) is 1.32. The molecule has 11 heavy (non-hydrogen) atoms. The minimum atomic E-state index is 0.503. The lowest BCUT2D eigenvalue weighted by molar-refractivity contribution is 0.442. The molecule has 56 valence electrons. The highest BCUT2D eigenvalue weighted by Crippen LogP contribution is 2.13. The van der Waals surface area contributed by atoms with Crippen LogP contribution in [0.2, 0.25) is 0 Å². The average molecular weight is 261 g/mol. The van der Waals surface area contributed by atoms with E-state index in [0.717, 1.165) is 14.9 Å². The summed E-state index contributed by atoms with van der Waals surface area (Å²) in [5.41, 5.74) is 2.03.